The Hall–Kier alpha value is -2.60. The predicted molar refractivity (Wildman–Crippen MR) is 91.2 cm³/mol. The second kappa shape index (κ2) is 6.88. The van der Waals surface area contributed by atoms with Crippen molar-refractivity contribution < 1.29 is 14.6 Å². The van der Waals surface area contributed by atoms with E-state index in [1.165, 1.54) is 0 Å². The first kappa shape index (κ1) is 16.3. The summed E-state index contributed by atoms with van der Waals surface area (Å²) in [5.74, 6) is 1.25. The van der Waals surface area contributed by atoms with E-state index < -0.39 is 5.60 Å². The topological polar surface area (TPSA) is 74.7 Å². The van der Waals surface area contributed by atoms with Gasteiger partial charge in [0.1, 0.15) is 23.8 Å². The molecule has 1 unspecified atom stereocenters. The number of aromatic nitrogens is 1. The minimum atomic E-state index is -1.02. The van der Waals surface area contributed by atoms with E-state index in [1.54, 1.807) is 30.3 Å². The van der Waals surface area contributed by atoms with Gasteiger partial charge in [-0.2, -0.15) is 0 Å². The van der Waals surface area contributed by atoms with Gasteiger partial charge in [0.15, 0.2) is 0 Å². The quantitative estimate of drug-likeness (QED) is 0.875. The molecule has 1 fully saturated rings. The summed E-state index contributed by atoms with van der Waals surface area (Å²) in [6.07, 6.45) is 2.09. The third-order valence-electron chi connectivity index (χ3n) is 4.13. The summed E-state index contributed by atoms with van der Waals surface area (Å²) in [6.45, 7) is 0.930. The number of para-hydroxylation sites is 1. The Kier molecular flexibility index (Phi) is 4.66. The summed E-state index contributed by atoms with van der Waals surface area (Å²) < 4.78 is 5.66. The second-order valence-corrected chi connectivity index (χ2v) is 5.98. The highest BCUT2D eigenvalue weighted by Gasteiger charge is 2.39. The van der Waals surface area contributed by atoms with Gasteiger partial charge in [-0.25, -0.2) is 4.98 Å². The maximum Gasteiger partial charge on any atom is 0.254 e. The summed E-state index contributed by atoms with van der Waals surface area (Å²) in [6, 6.07) is 12.8. The molecule has 2 heterocycles. The van der Waals surface area contributed by atoms with Crippen molar-refractivity contribution in [2.75, 3.05) is 32.1 Å². The van der Waals surface area contributed by atoms with E-state index in [2.05, 4.69) is 10.3 Å². The number of rotatable bonds is 5. The van der Waals surface area contributed by atoms with E-state index in [9.17, 15) is 9.90 Å². The van der Waals surface area contributed by atoms with Crippen LogP contribution in [-0.2, 0) is 0 Å². The Morgan fingerprint density at radius 2 is 2.17 bits per heavy atom. The van der Waals surface area contributed by atoms with Crippen molar-refractivity contribution in [3.63, 3.8) is 0 Å². The lowest BCUT2D eigenvalue weighted by atomic mass is 10.1. The molecule has 0 aliphatic carbocycles. The van der Waals surface area contributed by atoms with Crippen LogP contribution < -0.4 is 10.1 Å². The van der Waals surface area contributed by atoms with Gasteiger partial charge >= 0.3 is 0 Å². The number of β-amino-alcohol motifs (C(OH)–C–C–N with tert-alkyl or cyclic N) is 1. The fourth-order valence-electron chi connectivity index (χ4n) is 2.76. The average Bonchev–Trinajstić information content (AvgIpc) is 3.03. The lowest BCUT2D eigenvalue weighted by Gasteiger charge is -2.23. The number of carbonyl (C=O) groups excluding carboxylic acids is 1. The molecule has 1 atom stereocenters. The molecule has 3 rings (SSSR count). The fourth-order valence-corrected chi connectivity index (χ4v) is 2.76. The van der Waals surface area contributed by atoms with Gasteiger partial charge in [-0.1, -0.05) is 18.2 Å². The zero-order chi connectivity index (χ0) is 17.0. The molecule has 0 radical (unpaired) electrons. The molecular formula is C18H21N3O3. The van der Waals surface area contributed by atoms with E-state index in [0.29, 0.717) is 30.1 Å². The van der Waals surface area contributed by atoms with Crippen LogP contribution in [0.25, 0.3) is 0 Å². The minimum Gasteiger partial charge on any atom is -0.491 e. The van der Waals surface area contributed by atoms with Crippen LogP contribution >= 0.6 is 0 Å². The molecule has 1 amide bonds. The molecule has 1 aliphatic heterocycles. The highest BCUT2D eigenvalue weighted by Crippen LogP contribution is 2.24. The van der Waals surface area contributed by atoms with Gasteiger partial charge in [0.05, 0.1) is 6.54 Å². The smallest absolute Gasteiger partial charge is 0.254 e. The van der Waals surface area contributed by atoms with Crippen molar-refractivity contribution in [3.05, 3.63) is 54.2 Å². The van der Waals surface area contributed by atoms with Crippen molar-refractivity contribution in [2.45, 2.75) is 12.0 Å². The maximum absolute atomic E-state index is 12.6. The highest BCUT2D eigenvalue weighted by molar-refractivity contribution is 5.95. The van der Waals surface area contributed by atoms with Crippen LogP contribution in [0.15, 0.2) is 48.7 Å². The second-order valence-electron chi connectivity index (χ2n) is 5.98. The van der Waals surface area contributed by atoms with Gasteiger partial charge in [0, 0.05) is 25.4 Å². The number of hydrogen-bond donors (Lipinski definition) is 2. The molecule has 0 spiro atoms. The van der Waals surface area contributed by atoms with Crippen LogP contribution in [0.1, 0.15) is 16.8 Å². The summed E-state index contributed by atoms with van der Waals surface area (Å²) >= 11 is 0. The molecule has 2 N–H and O–H groups in total. The Morgan fingerprint density at radius 1 is 1.38 bits per heavy atom. The van der Waals surface area contributed by atoms with Crippen LogP contribution in [0.3, 0.4) is 0 Å². The number of nitrogens with one attached hydrogen (secondary N) is 1. The lowest BCUT2D eigenvalue weighted by molar-refractivity contribution is 0.00431. The molecule has 0 saturated carbocycles. The number of amides is 1. The molecule has 126 valence electrons. The number of nitrogens with zero attached hydrogens (tertiary/aromatic N) is 2. The number of aliphatic hydroxyl groups is 1. The van der Waals surface area contributed by atoms with Gasteiger partial charge in [-0.15, -0.1) is 0 Å². The monoisotopic (exact) mass is 327 g/mol. The maximum atomic E-state index is 12.6. The Balaban J connectivity index is 1.62. The Labute approximate surface area is 141 Å². The van der Waals surface area contributed by atoms with Crippen molar-refractivity contribution in [1.82, 2.24) is 9.88 Å². The van der Waals surface area contributed by atoms with Crippen LogP contribution in [-0.4, -0.2) is 53.2 Å². The van der Waals surface area contributed by atoms with Gasteiger partial charge in [-0.3, -0.25) is 4.79 Å². The average molecular weight is 327 g/mol. The van der Waals surface area contributed by atoms with E-state index in [-0.39, 0.29) is 19.1 Å². The molecule has 1 aromatic carbocycles. The number of pyridine rings is 1. The fraction of sp³-hybridized carbons (Fsp3) is 0.333. The summed E-state index contributed by atoms with van der Waals surface area (Å²) in [4.78, 5) is 18.4. The van der Waals surface area contributed by atoms with Crippen LogP contribution in [0, 0.1) is 0 Å². The van der Waals surface area contributed by atoms with E-state index in [4.69, 9.17) is 4.74 Å². The van der Waals surface area contributed by atoms with Gasteiger partial charge < -0.3 is 20.1 Å². The van der Waals surface area contributed by atoms with Crippen LogP contribution in [0.5, 0.6) is 5.75 Å². The first-order valence-electron chi connectivity index (χ1n) is 7.93. The summed E-state index contributed by atoms with van der Waals surface area (Å²) in [7, 11) is 1.76. The minimum absolute atomic E-state index is 0.107. The molecule has 1 aromatic heterocycles. The van der Waals surface area contributed by atoms with E-state index in [0.717, 1.165) is 0 Å². The number of likely N-dealkylation sites (tertiary alicyclic amines) is 1. The largest absolute Gasteiger partial charge is 0.491 e. The molecule has 6 nitrogen and oxygen atoms in total. The third-order valence-corrected chi connectivity index (χ3v) is 4.13. The van der Waals surface area contributed by atoms with Gasteiger partial charge in [0.25, 0.3) is 5.91 Å². The van der Waals surface area contributed by atoms with Crippen molar-refractivity contribution in [2.24, 2.45) is 0 Å². The van der Waals surface area contributed by atoms with Gasteiger partial charge in [-0.05, 0) is 30.7 Å². The standard InChI is InChI=1S/C18H21N3O3/c1-19-16-11-14(7-9-20-16)17(22)21-10-8-18(23,12-21)13-24-15-5-3-2-4-6-15/h2-7,9,11,23H,8,10,12-13H2,1H3,(H,19,20). The SMILES string of the molecule is CNc1cc(C(=O)N2CCC(O)(COc3ccccc3)C2)ccn1. The normalized spacial score (nSPS) is 20.0. The Bertz CT molecular complexity index is 708. The number of benzene rings is 1. The summed E-state index contributed by atoms with van der Waals surface area (Å²) in [5, 5.41) is 13.6. The van der Waals surface area contributed by atoms with Crippen molar-refractivity contribution in [1.29, 1.82) is 0 Å². The zero-order valence-electron chi connectivity index (χ0n) is 13.6. The van der Waals surface area contributed by atoms with Crippen LogP contribution in [0.2, 0.25) is 0 Å². The first-order valence-corrected chi connectivity index (χ1v) is 7.93. The predicted octanol–water partition coefficient (Wildman–Crippen LogP) is 1.78. The molecule has 6 heteroatoms. The molecule has 1 saturated heterocycles. The third kappa shape index (κ3) is 3.65. The lowest BCUT2D eigenvalue weighted by Crippen LogP contribution is -2.40. The molecule has 0 bridgehead atoms. The number of ether oxygens (including phenoxy) is 1. The zero-order valence-corrected chi connectivity index (χ0v) is 13.6. The number of anilines is 1. The molecule has 2 aromatic rings. The number of carbonyl (C=O) groups is 1. The highest BCUT2D eigenvalue weighted by atomic mass is 16.5. The Morgan fingerprint density at radius 3 is 2.92 bits per heavy atom. The molecule has 24 heavy (non-hydrogen) atoms. The van der Waals surface area contributed by atoms with E-state index >= 15 is 0 Å². The molecular weight excluding hydrogens is 306 g/mol. The van der Waals surface area contributed by atoms with E-state index in [1.807, 2.05) is 30.3 Å². The molecule has 1 aliphatic rings. The van der Waals surface area contributed by atoms with Crippen molar-refractivity contribution in [3.8, 4) is 5.75 Å². The first-order chi connectivity index (χ1) is 11.6. The summed E-state index contributed by atoms with van der Waals surface area (Å²) in [5.41, 5.74) is -0.466. The van der Waals surface area contributed by atoms with Crippen LogP contribution in [0.4, 0.5) is 5.82 Å². The van der Waals surface area contributed by atoms with Gasteiger partial charge in [0.2, 0.25) is 0 Å². The number of hydrogen-bond acceptors (Lipinski definition) is 5. The van der Waals surface area contributed by atoms with Crippen molar-refractivity contribution >= 4 is 11.7 Å².